The molecule has 0 aliphatic rings. The maximum atomic E-state index is 15.6. The van der Waals surface area contributed by atoms with Crippen LogP contribution in [0.2, 0.25) is 0 Å². The van der Waals surface area contributed by atoms with E-state index in [4.69, 9.17) is 29.1 Å². The number of benzene rings is 3. The summed E-state index contributed by atoms with van der Waals surface area (Å²) in [5.41, 5.74) is 9.25. The molecule has 0 atom stereocenters. The van der Waals surface area contributed by atoms with Crippen molar-refractivity contribution in [2.24, 2.45) is 5.73 Å². The summed E-state index contributed by atoms with van der Waals surface area (Å²) in [5, 5.41) is 0.708. The van der Waals surface area contributed by atoms with E-state index in [0.29, 0.717) is 58.1 Å². The van der Waals surface area contributed by atoms with E-state index in [1.54, 1.807) is 44.2 Å². The second-order valence-electron chi connectivity index (χ2n) is 10.4. The number of halogens is 1. The zero-order chi connectivity index (χ0) is 32.5. The summed E-state index contributed by atoms with van der Waals surface area (Å²) in [6, 6.07) is 21.6. The Labute approximate surface area is 266 Å². The summed E-state index contributed by atoms with van der Waals surface area (Å²) in [7, 11) is 0. The highest BCUT2D eigenvalue weighted by Gasteiger charge is 2.19. The number of aromatic nitrogens is 1. The summed E-state index contributed by atoms with van der Waals surface area (Å²) >= 11 is 0. The Hall–Kier alpha value is -5.22. The van der Waals surface area contributed by atoms with E-state index in [0.717, 1.165) is 5.56 Å². The predicted molar refractivity (Wildman–Crippen MR) is 170 cm³/mol. The maximum Gasteiger partial charge on any atom is 0.310 e. The van der Waals surface area contributed by atoms with Crippen molar-refractivity contribution in [1.29, 1.82) is 0 Å². The second-order valence-corrected chi connectivity index (χ2v) is 10.4. The molecule has 0 bridgehead atoms. The Morgan fingerprint density at radius 1 is 0.804 bits per heavy atom. The lowest BCUT2D eigenvalue weighted by atomic mass is 10.00. The first kappa shape index (κ1) is 32.2. The highest BCUT2D eigenvalue weighted by molar-refractivity contribution is 5.94. The second kappa shape index (κ2) is 15.2. The number of esters is 2. The number of hydrogen-bond donors (Lipinski definition) is 1. The van der Waals surface area contributed by atoms with Crippen molar-refractivity contribution in [2.45, 2.75) is 46.4 Å². The smallest absolute Gasteiger partial charge is 0.310 e. The van der Waals surface area contributed by atoms with Crippen LogP contribution in [0.4, 0.5) is 4.39 Å². The van der Waals surface area contributed by atoms with Crippen molar-refractivity contribution in [3.63, 3.8) is 0 Å². The van der Waals surface area contributed by atoms with Crippen molar-refractivity contribution < 1.29 is 37.3 Å². The highest BCUT2D eigenvalue weighted by Crippen LogP contribution is 2.35. The zero-order valence-corrected chi connectivity index (χ0v) is 25.7. The molecule has 0 fully saturated rings. The molecule has 3 aromatic carbocycles. The first-order chi connectivity index (χ1) is 22.4. The van der Waals surface area contributed by atoms with Crippen molar-refractivity contribution in [3.8, 4) is 22.6 Å². The zero-order valence-electron chi connectivity index (χ0n) is 25.7. The Kier molecular flexibility index (Phi) is 10.6. The summed E-state index contributed by atoms with van der Waals surface area (Å²) < 4.78 is 44.2. The highest BCUT2D eigenvalue weighted by atomic mass is 19.1. The molecule has 0 radical (unpaired) electrons. The number of hydrogen-bond acceptors (Lipinski definition) is 9. The molecule has 0 aliphatic carbocycles. The molecule has 0 spiro atoms. The van der Waals surface area contributed by atoms with Crippen LogP contribution >= 0.6 is 0 Å². The molecule has 2 heterocycles. The molecule has 46 heavy (non-hydrogen) atoms. The summed E-state index contributed by atoms with van der Waals surface area (Å²) in [6.07, 6.45) is 1.66. The molecular formula is C36H35FN2O7. The van der Waals surface area contributed by atoms with Gasteiger partial charge in [-0.1, -0.05) is 36.4 Å². The van der Waals surface area contributed by atoms with Crippen molar-refractivity contribution >= 4 is 22.9 Å². The van der Waals surface area contributed by atoms with Gasteiger partial charge in [0, 0.05) is 40.4 Å². The minimum atomic E-state index is -0.536. The van der Waals surface area contributed by atoms with Crippen LogP contribution in [0.25, 0.3) is 22.1 Å². The summed E-state index contributed by atoms with van der Waals surface area (Å²) in [6.45, 7) is 4.24. The Bertz CT molecular complexity index is 1830. The van der Waals surface area contributed by atoms with Crippen LogP contribution < -0.4 is 15.2 Å². The number of furan rings is 1. The fourth-order valence-corrected chi connectivity index (χ4v) is 5.09. The number of fused-ring (bicyclic) bond motifs is 1. The molecule has 238 valence electrons. The lowest BCUT2D eigenvalue weighted by molar-refractivity contribution is -0.143. The van der Waals surface area contributed by atoms with Crippen molar-refractivity contribution in [2.75, 3.05) is 13.2 Å². The number of para-hydroxylation sites is 2. The van der Waals surface area contributed by atoms with Crippen LogP contribution in [0.3, 0.4) is 0 Å². The number of nitrogens with two attached hydrogens (primary N) is 1. The van der Waals surface area contributed by atoms with Crippen molar-refractivity contribution in [3.05, 3.63) is 113 Å². The van der Waals surface area contributed by atoms with Crippen LogP contribution in [0.5, 0.6) is 11.5 Å². The largest absolute Gasteiger partial charge is 0.489 e. The number of carbonyl (C=O) groups is 2. The first-order valence-corrected chi connectivity index (χ1v) is 15.0. The number of carbonyl (C=O) groups excluding carboxylic acids is 2. The number of nitrogens with zero attached hydrogens (tertiary/aromatic N) is 1. The van der Waals surface area contributed by atoms with E-state index < -0.39 is 5.82 Å². The first-order valence-electron chi connectivity index (χ1n) is 15.0. The lowest BCUT2D eigenvalue weighted by Gasteiger charge is -2.13. The third-order valence-corrected chi connectivity index (χ3v) is 7.16. The molecular weight excluding hydrogens is 591 g/mol. The van der Waals surface area contributed by atoms with Crippen LogP contribution in [0.1, 0.15) is 42.0 Å². The van der Waals surface area contributed by atoms with Gasteiger partial charge in [-0.25, -0.2) is 4.39 Å². The standard InChI is InChI=1S/C36H35FN2O7/c1-3-42-33(40)18-24-9-5-7-11-31(24)44-21-23-15-26-17-27(22-45-32-12-8-6-10-25(32)19-34(41)43-4-2)46-36(26)29(16-23)28-13-14-39-30(20-38)35(28)37/h5-17H,3-4,18-22,38H2,1-2H3. The maximum absolute atomic E-state index is 15.6. The topological polar surface area (TPSA) is 123 Å². The summed E-state index contributed by atoms with van der Waals surface area (Å²) in [4.78, 5) is 28.3. The van der Waals surface area contributed by atoms with Gasteiger partial charge in [0.25, 0.3) is 0 Å². The predicted octanol–water partition coefficient (Wildman–Crippen LogP) is 6.46. The van der Waals surface area contributed by atoms with Gasteiger partial charge < -0.3 is 29.1 Å². The molecule has 10 heteroatoms. The van der Waals surface area contributed by atoms with Crippen LogP contribution in [0, 0.1) is 5.82 Å². The average Bonchev–Trinajstić information content (AvgIpc) is 3.47. The molecule has 5 aromatic rings. The molecule has 2 N–H and O–H groups in total. The molecule has 0 unspecified atom stereocenters. The minimum absolute atomic E-state index is 0.0634. The van der Waals surface area contributed by atoms with E-state index in [1.807, 2.05) is 42.5 Å². The van der Waals surface area contributed by atoms with E-state index >= 15 is 4.39 Å². The van der Waals surface area contributed by atoms with Gasteiger partial charge in [0.15, 0.2) is 5.82 Å². The Morgan fingerprint density at radius 2 is 1.41 bits per heavy atom. The number of pyridine rings is 1. The van der Waals surface area contributed by atoms with Gasteiger partial charge in [0.1, 0.15) is 36.1 Å². The third-order valence-electron chi connectivity index (χ3n) is 7.16. The average molecular weight is 627 g/mol. The third kappa shape index (κ3) is 7.70. The van der Waals surface area contributed by atoms with Gasteiger partial charge in [-0.15, -0.1) is 0 Å². The molecule has 0 saturated heterocycles. The quantitative estimate of drug-likeness (QED) is 0.138. The molecule has 9 nitrogen and oxygen atoms in total. The van der Waals surface area contributed by atoms with E-state index in [1.165, 1.54) is 6.20 Å². The van der Waals surface area contributed by atoms with Crippen LogP contribution in [-0.4, -0.2) is 30.1 Å². The monoisotopic (exact) mass is 626 g/mol. The fraction of sp³-hybridized carbons (Fsp3) is 0.250. The number of ether oxygens (including phenoxy) is 4. The van der Waals surface area contributed by atoms with Crippen LogP contribution in [0.15, 0.2) is 83.4 Å². The normalized spacial score (nSPS) is 11.0. The molecule has 5 rings (SSSR count). The Morgan fingerprint density at radius 3 is 2.02 bits per heavy atom. The van der Waals surface area contributed by atoms with E-state index in [9.17, 15) is 9.59 Å². The van der Waals surface area contributed by atoms with Crippen LogP contribution in [-0.2, 0) is 51.7 Å². The lowest BCUT2D eigenvalue weighted by Crippen LogP contribution is -2.09. The molecule has 0 saturated carbocycles. The van der Waals surface area contributed by atoms with Gasteiger partial charge in [-0.3, -0.25) is 14.6 Å². The van der Waals surface area contributed by atoms with Crippen molar-refractivity contribution in [1.82, 2.24) is 4.98 Å². The number of rotatable bonds is 14. The Balaban J connectivity index is 1.46. The molecule has 0 amide bonds. The SMILES string of the molecule is CCOC(=O)Cc1ccccc1OCc1cc(-c2ccnc(CN)c2F)c2oc(COc3ccccc3CC(=O)OCC)cc2c1. The van der Waals surface area contributed by atoms with E-state index in [2.05, 4.69) is 4.98 Å². The van der Waals surface area contributed by atoms with Gasteiger partial charge in [0.2, 0.25) is 0 Å². The molecule has 0 aliphatic heterocycles. The van der Waals surface area contributed by atoms with Gasteiger partial charge in [-0.2, -0.15) is 0 Å². The minimum Gasteiger partial charge on any atom is -0.489 e. The van der Waals surface area contributed by atoms with E-state index in [-0.39, 0.29) is 55.8 Å². The van der Waals surface area contributed by atoms with Gasteiger partial charge in [0.05, 0.1) is 31.7 Å². The molecule has 2 aromatic heterocycles. The van der Waals surface area contributed by atoms with Gasteiger partial charge >= 0.3 is 11.9 Å². The fourth-order valence-electron chi connectivity index (χ4n) is 5.09. The summed E-state index contributed by atoms with van der Waals surface area (Å²) in [5.74, 6) is 0.337. The van der Waals surface area contributed by atoms with Gasteiger partial charge in [-0.05, 0) is 55.8 Å².